The predicted molar refractivity (Wildman–Crippen MR) is 82.6 cm³/mol. The second-order valence-electron chi connectivity index (χ2n) is 4.98. The van der Waals surface area contributed by atoms with E-state index >= 15 is 0 Å². The van der Waals surface area contributed by atoms with E-state index in [2.05, 4.69) is 18.3 Å². The van der Waals surface area contributed by atoms with Crippen LogP contribution in [0.1, 0.15) is 31.7 Å². The molecule has 1 amide bonds. The van der Waals surface area contributed by atoms with Crippen molar-refractivity contribution in [3.63, 3.8) is 0 Å². The lowest BCUT2D eigenvalue weighted by atomic mass is 10.00. The molecule has 21 heavy (non-hydrogen) atoms. The highest BCUT2D eigenvalue weighted by Crippen LogP contribution is 2.08. The molecular weight excluding hydrogens is 264 g/mol. The van der Waals surface area contributed by atoms with Crippen molar-refractivity contribution in [1.29, 1.82) is 5.26 Å². The van der Waals surface area contributed by atoms with Crippen molar-refractivity contribution in [2.45, 2.75) is 32.6 Å². The first-order valence-electron chi connectivity index (χ1n) is 7.57. The number of rotatable bonds is 10. The Morgan fingerprint density at radius 3 is 2.67 bits per heavy atom. The van der Waals surface area contributed by atoms with E-state index < -0.39 is 5.92 Å². The van der Waals surface area contributed by atoms with E-state index in [0.717, 1.165) is 31.4 Å². The Labute approximate surface area is 127 Å². The van der Waals surface area contributed by atoms with Crippen LogP contribution < -0.4 is 5.32 Å². The van der Waals surface area contributed by atoms with Crippen molar-refractivity contribution < 1.29 is 9.53 Å². The zero-order valence-corrected chi connectivity index (χ0v) is 12.7. The maximum absolute atomic E-state index is 11.9. The smallest absolute Gasteiger partial charge is 0.237 e. The Hall–Kier alpha value is -1.86. The summed E-state index contributed by atoms with van der Waals surface area (Å²) in [5.74, 6) is -0.830. The van der Waals surface area contributed by atoms with Crippen molar-refractivity contribution in [2.75, 3.05) is 19.8 Å². The van der Waals surface area contributed by atoms with E-state index in [0.29, 0.717) is 19.6 Å². The van der Waals surface area contributed by atoms with Crippen LogP contribution >= 0.6 is 0 Å². The molecule has 0 aliphatic carbocycles. The van der Waals surface area contributed by atoms with Gasteiger partial charge in [0.05, 0.1) is 6.07 Å². The van der Waals surface area contributed by atoms with Gasteiger partial charge in [0.25, 0.3) is 0 Å². The van der Waals surface area contributed by atoms with E-state index in [9.17, 15) is 4.79 Å². The van der Waals surface area contributed by atoms with Crippen LogP contribution in [0.5, 0.6) is 0 Å². The molecule has 0 saturated heterocycles. The second kappa shape index (κ2) is 10.9. The molecule has 1 aromatic rings. The largest absolute Gasteiger partial charge is 0.381 e. The number of amides is 1. The van der Waals surface area contributed by atoms with Gasteiger partial charge in [0, 0.05) is 19.8 Å². The summed E-state index contributed by atoms with van der Waals surface area (Å²) in [6.45, 7) is 4.10. The average molecular weight is 288 g/mol. The quantitative estimate of drug-likeness (QED) is 0.673. The van der Waals surface area contributed by atoms with Gasteiger partial charge in [-0.3, -0.25) is 4.79 Å². The Kier molecular flexibility index (Phi) is 8.90. The molecule has 0 aliphatic heterocycles. The van der Waals surface area contributed by atoms with Gasteiger partial charge >= 0.3 is 0 Å². The third-order valence-electron chi connectivity index (χ3n) is 3.16. The fourth-order valence-electron chi connectivity index (χ4n) is 1.90. The number of carbonyl (C=O) groups excluding carboxylic acids is 1. The summed E-state index contributed by atoms with van der Waals surface area (Å²) < 4.78 is 5.42. The molecule has 4 nitrogen and oxygen atoms in total. The van der Waals surface area contributed by atoms with Crippen molar-refractivity contribution in [1.82, 2.24) is 5.32 Å². The summed E-state index contributed by atoms with van der Waals surface area (Å²) >= 11 is 0. The molecule has 1 rings (SSSR count). The lowest BCUT2D eigenvalue weighted by molar-refractivity contribution is -0.123. The van der Waals surface area contributed by atoms with Crippen LogP contribution in [0.25, 0.3) is 0 Å². The second-order valence-corrected chi connectivity index (χ2v) is 4.98. The number of hydrogen-bond donors (Lipinski definition) is 1. The summed E-state index contributed by atoms with van der Waals surface area (Å²) in [5, 5.41) is 11.9. The van der Waals surface area contributed by atoms with Crippen molar-refractivity contribution in [3.05, 3.63) is 35.9 Å². The number of ether oxygens (including phenoxy) is 1. The summed E-state index contributed by atoms with van der Waals surface area (Å²) in [7, 11) is 0. The van der Waals surface area contributed by atoms with E-state index in [1.807, 2.05) is 30.3 Å². The van der Waals surface area contributed by atoms with Crippen LogP contribution in [0, 0.1) is 17.2 Å². The predicted octanol–water partition coefficient (Wildman–Crippen LogP) is 2.69. The van der Waals surface area contributed by atoms with Crippen molar-refractivity contribution >= 4 is 5.91 Å². The molecule has 1 unspecified atom stereocenters. The lowest BCUT2D eigenvalue weighted by Gasteiger charge is -2.10. The van der Waals surface area contributed by atoms with E-state index in [1.165, 1.54) is 0 Å². The average Bonchev–Trinajstić information content (AvgIpc) is 2.52. The monoisotopic (exact) mass is 288 g/mol. The number of unbranched alkanes of at least 4 members (excludes halogenated alkanes) is 1. The number of nitriles is 1. The van der Waals surface area contributed by atoms with Crippen molar-refractivity contribution in [2.24, 2.45) is 5.92 Å². The van der Waals surface area contributed by atoms with Crippen LogP contribution in [-0.2, 0) is 16.0 Å². The van der Waals surface area contributed by atoms with Crippen LogP contribution in [0.3, 0.4) is 0 Å². The van der Waals surface area contributed by atoms with E-state index in [1.54, 1.807) is 0 Å². The third-order valence-corrected chi connectivity index (χ3v) is 3.16. The SMILES string of the molecule is CCCCOCCCNC(=O)C(C#N)Cc1ccccc1. The highest BCUT2D eigenvalue weighted by Gasteiger charge is 2.17. The third kappa shape index (κ3) is 7.48. The molecule has 0 fully saturated rings. The van der Waals surface area contributed by atoms with E-state index in [4.69, 9.17) is 10.00 Å². The molecule has 0 heterocycles. The maximum Gasteiger partial charge on any atom is 0.237 e. The van der Waals surface area contributed by atoms with Crippen LogP contribution in [0.4, 0.5) is 0 Å². The minimum atomic E-state index is -0.631. The zero-order chi connectivity index (χ0) is 15.3. The first-order chi connectivity index (χ1) is 10.3. The van der Waals surface area contributed by atoms with Gasteiger partial charge in [-0.05, 0) is 24.8 Å². The molecule has 1 aromatic carbocycles. The fourth-order valence-corrected chi connectivity index (χ4v) is 1.90. The number of nitrogens with zero attached hydrogens (tertiary/aromatic N) is 1. The normalized spacial score (nSPS) is 11.6. The minimum absolute atomic E-state index is 0.199. The van der Waals surface area contributed by atoms with E-state index in [-0.39, 0.29) is 5.91 Å². The number of nitrogens with one attached hydrogen (secondary N) is 1. The molecule has 4 heteroatoms. The molecule has 0 saturated carbocycles. The minimum Gasteiger partial charge on any atom is -0.381 e. The first-order valence-corrected chi connectivity index (χ1v) is 7.57. The van der Waals surface area contributed by atoms with Gasteiger partial charge in [-0.15, -0.1) is 0 Å². The lowest BCUT2D eigenvalue weighted by Crippen LogP contribution is -2.32. The molecule has 1 atom stereocenters. The van der Waals surface area contributed by atoms with Crippen LogP contribution in [-0.4, -0.2) is 25.7 Å². The van der Waals surface area contributed by atoms with Gasteiger partial charge in [-0.2, -0.15) is 5.26 Å². The van der Waals surface area contributed by atoms with Gasteiger partial charge in [-0.1, -0.05) is 43.7 Å². The molecule has 114 valence electrons. The van der Waals surface area contributed by atoms with Crippen LogP contribution in [0.2, 0.25) is 0 Å². The first kappa shape index (κ1) is 17.2. The van der Waals surface area contributed by atoms with Gasteiger partial charge in [0.1, 0.15) is 5.92 Å². The molecule has 1 N–H and O–H groups in total. The van der Waals surface area contributed by atoms with Gasteiger partial charge in [0.15, 0.2) is 0 Å². The molecule has 0 aromatic heterocycles. The topological polar surface area (TPSA) is 62.1 Å². The molecular formula is C17H24N2O2. The molecule has 0 spiro atoms. The Balaban J connectivity index is 2.21. The zero-order valence-electron chi connectivity index (χ0n) is 12.7. The Bertz CT molecular complexity index is 440. The Morgan fingerprint density at radius 1 is 1.29 bits per heavy atom. The highest BCUT2D eigenvalue weighted by molar-refractivity contribution is 5.81. The summed E-state index contributed by atoms with van der Waals surface area (Å²) in [4.78, 5) is 11.9. The summed E-state index contributed by atoms with van der Waals surface area (Å²) in [5.41, 5.74) is 1.00. The number of carbonyl (C=O) groups is 1. The standard InChI is InChI=1S/C17H24N2O2/c1-2-3-11-21-12-7-10-19-17(20)16(14-18)13-15-8-5-4-6-9-15/h4-6,8-9,16H,2-3,7,10-13H2,1H3,(H,19,20). The molecule has 0 radical (unpaired) electrons. The fraction of sp³-hybridized carbons (Fsp3) is 0.529. The molecule has 0 aliphatic rings. The van der Waals surface area contributed by atoms with Crippen molar-refractivity contribution in [3.8, 4) is 6.07 Å². The summed E-state index contributed by atoms with van der Waals surface area (Å²) in [6, 6.07) is 11.7. The number of hydrogen-bond acceptors (Lipinski definition) is 3. The van der Waals surface area contributed by atoms with Gasteiger partial charge < -0.3 is 10.1 Å². The molecule has 0 bridgehead atoms. The van der Waals surface area contributed by atoms with Gasteiger partial charge in [-0.25, -0.2) is 0 Å². The maximum atomic E-state index is 11.9. The van der Waals surface area contributed by atoms with Gasteiger partial charge in [0.2, 0.25) is 5.91 Å². The summed E-state index contributed by atoms with van der Waals surface area (Å²) in [6.07, 6.45) is 3.43. The number of benzene rings is 1. The van der Waals surface area contributed by atoms with Crippen LogP contribution in [0.15, 0.2) is 30.3 Å². The highest BCUT2D eigenvalue weighted by atomic mass is 16.5. The Morgan fingerprint density at radius 2 is 2.00 bits per heavy atom.